The Balaban J connectivity index is 1.48. The fourth-order valence-corrected chi connectivity index (χ4v) is 2.90. The first-order valence-electron chi connectivity index (χ1n) is 9.58. The van der Waals surface area contributed by atoms with Gasteiger partial charge in [0.25, 0.3) is 11.8 Å². The highest BCUT2D eigenvalue weighted by Crippen LogP contribution is 2.28. The largest absolute Gasteiger partial charge is 0.484 e. The number of carbonyl (C=O) groups is 1. The van der Waals surface area contributed by atoms with Gasteiger partial charge in [0.15, 0.2) is 6.61 Å². The van der Waals surface area contributed by atoms with Crippen molar-refractivity contribution in [3.8, 4) is 28.6 Å². The van der Waals surface area contributed by atoms with E-state index < -0.39 is 0 Å². The fraction of sp³-hybridized carbons (Fsp3) is 0.125. The normalized spacial score (nSPS) is 10.6. The number of hydrogen-bond acceptors (Lipinski definition) is 5. The van der Waals surface area contributed by atoms with Crippen LogP contribution in [0.2, 0.25) is 0 Å². The summed E-state index contributed by atoms with van der Waals surface area (Å²) in [7, 11) is 0. The number of benzene rings is 3. The van der Waals surface area contributed by atoms with E-state index in [0.717, 1.165) is 16.7 Å². The molecule has 4 aromatic rings. The van der Waals surface area contributed by atoms with Gasteiger partial charge in [0.1, 0.15) is 5.75 Å². The molecule has 3 aromatic carbocycles. The minimum Gasteiger partial charge on any atom is -0.484 e. The molecule has 1 N–H and O–H groups in total. The predicted octanol–water partition coefficient (Wildman–Crippen LogP) is 5.04. The lowest BCUT2D eigenvalue weighted by atomic mass is 10.1. The second kappa shape index (κ2) is 8.61. The summed E-state index contributed by atoms with van der Waals surface area (Å²) in [6.07, 6.45) is 0. The summed E-state index contributed by atoms with van der Waals surface area (Å²) < 4.78 is 11.0. The van der Waals surface area contributed by atoms with Gasteiger partial charge in [-0.25, -0.2) is 0 Å². The average molecular weight is 399 g/mol. The van der Waals surface area contributed by atoms with Gasteiger partial charge < -0.3 is 14.6 Å². The number of aryl methyl sites for hydroxylation is 2. The maximum absolute atomic E-state index is 12.4. The second-order valence-corrected chi connectivity index (χ2v) is 6.98. The number of aromatic nitrogens is 2. The monoisotopic (exact) mass is 399 g/mol. The van der Waals surface area contributed by atoms with Crippen molar-refractivity contribution < 1.29 is 14.1 Å². The molecule has 30 heavy (non-hydrogen) atoms. The third-order valence-electron chi connectivity index (χ3n) is 4.56. The van der Waals surface area contributed by atoms with Gasteiger partial charge in [0.2, 0.25) is 5.82 Å². The van der Waals surface area contributed by atoms with Crippen LogP contribution >= 0.6 is 0 Å². The Morgan fingerprint density at radius 3 is 2.33 bits per heavy atom. The first-order chi connectivity index (χ1) is 14.6. The Morgan fingerprint density at radius 1 is 0.933 bits per heavy atom. The van der Waals surface area contributed by atoms with E-state index in [1.165, 1.54) is 0 Å². The number of nitrogens with zero attached hydrogens (tertiary/aromatic N) is 2. The highest BCUT2D eigenvalue weighted by molar-refractivity contribution is 5.95. The van der Waals surface area contributed by atoms with Gasteiger partial charge in [0, 0.05) is 5.56 Å². The summed E-state index contributed by atoms with van der Waals surface area (Å²) >= 11 is 0. The lowest BCUT2D eigenvalue weighted by Gasteiger charge is -2.10. The summed E-state index contributed by atoms with van der Waals surface area (Å²) in [5, 5.41) is 6.93. The van der Waals surface area contributed by atoms with Crippen molar-refractivity contribution in [3.05, 3.63) is 83.9 Å². The molecule has 0 aliphatic heterocycles. The van der Waals surface area contributed by atoms with Crippen molar-refractivity contribution in [1.29, 1.82) is 0 Å². The fourth-order valence-electron chi connectivity index (χ4n) is 2.90. The van der Waals surface area contributed by atoms with Crippen LogP contribution in [0.15, 0.2) is 77.3 Å². The molecule has 6 nitrogen and oxygen atoms in total. The first kappa shape index (κ1) is 19.4. The van der Waals surface area contributed by atoms with Crippen LogP contribution in [-0.4, -0.2) is 22.7 Å². The molecular formula is C24H21N3O3. The molecule has 150 valence electrons. The van der Waals surface area contributed by atoms with Crippen molar-refractivity contribution in [3.63, 3.8) is 0 Å². The van der Waals surface area contributed by atoms with E-state index >= 15 is 0 Å². The van der Waals surface area contributed by atoms with E-state index in [-0.39, 0.29) is 12.5 Å². The van der Waals surface area contributed by atoms with Gasteiger partial charge in [-0.15, -0.1) is 0 Å². The summed E-state index contributed by atoms with van der Waals surface area (Å²) in [6.45, 7) is 3.91. The van der Waals surface area contributed by atoms with Crippen LogP contribution in [0.4, 0.5) is 5.69 Å². The Kier molecular flexibility index (Phi) is 5.57. The molecule has 0 radical (unpaired) electrons. The SMILES string of the molecule is Cc1ccc(OCC(=O)Nc2ccccc2-c2nc(-c3ccc(C)cc3)no2)cc1. The van der Waals surface area contributed by atoms with Crippen LogP contribution in [0.1, 0.15) is 11.1 Å². The Labute approximate surface area is 174 Å². The van der Waals surface area contributed by atoms with Crippen LogP contribution in [0.25, 0.3) is 22.8 Å². The van der Waals surface area contributed by atoms with E-state index in [9.17, 15) is 4.79 Å². The first-order valence-corrected chi connectivity index (χ1v) is 9.58. The lowest BCUT2D eigenvalue weighted by molar-refractivity contribution is -0.118. The van der Waals surface area contributed by atoms with Gasteiger partial charge in [-0.05, 0) is 38.1 Å². The summed E-state index contributed by atoms with van der Waals surface area (Å²) in [6, 6.07) is 22.7. The molecule has 0 fully saturated rings. The Morgan fingerprint density at radius 2 is 1.60 bits per heavy atom. The third kappa shape index (κ3) is 4.55. The molecule has 0 unspecified atom stereocenters. The van der Waals surface area contributed by atoms with Crippen LogP contribution < -0.4 is 10.1 Å². The van der Waals surface area contributed by atoms with Crippen LogP contribution in [0.5, 0.6) is 5.75 Å². The quantitative estimate of drug-likeness (QED) is 0.492. The van der Waals surface area contributed by atoms with E-state index in [1.807, 2.05) is 80.6 Å². The number of hydrogen-bond donors (Lipinski definition) is 1. The predicted molar refractivity (Wildman–Crippen MR) is 115 cm³/mol. The van der Waals surface area contributed by atoms with Crippen LogP contribution in [-0.2, 0) is 4.79 Å². The lowest BCUT2D eigenvalue weighted by Crippen LogP contribution is -2.20. The molecule has 0 spiro atoms. The molecule has 0 saturated carbocycles. The smallest absolute Gasteiger partial charge is 0.262 e. The van der Waals surface area contributed by atoms with Crippen LogP contribution in [0.3, 0.4) is 0 Å². The zero-order valence-electron chi connectivity index (χ0n) is 16.8. The van der Waals surface area contributed by atoms with Crippen molar-refractivity contribution in [2.75, 3.05) is 11.9 Å². The molecular weight excluding hydrogens is 378 g/mol. The minimum atomic E-state index is -0.277. The standard InChI is InChI=1S/C24H21N3O3/c1-16-7-11-18(12-8-16)23-26-24(30-27-23)20-5-3-4-6-21(20)25-22(28)15-29-19-13-9-17(2)10-14-19/h3-14H,15H2,1-2H3,(H,25,28). The number of para-hydroxylation sites is 1. The van der Waals surface area contributed by atoms with E-state index in [0.29, 0.717) is 28.7 Å². The van der Waals surface area contributed by atoms with Crippen molar-refractivity contribution in [2.24, 2.45) is 0 Å². The minimum absolute atomic E-state index is 0.101. The number of rotatable bonds is 6. The highest BCUT2D eigenvalue weighted by atomic mass is 16.5. The van der Waals surface area contributed by atoms with Crippen molar-refractivity contribution >= 4 is 11.6 Å². The zero-order chi connectivity index (χ0) is 20.9. The summed E-state index contributed by atoms with van der Waals surface area (Å²) in [5.41, 5.74) is 4.37. The average Bonchev–Trinajstić information content (AvgIpc) is 3.24. The molecule has 0 atom stereocenters. The number of ether oxygens (including phenoxy) is 1. The number of amides is 1. The molecule has 4 rings (SSSR count). The van der Waals surface area contributed by atoms with Crippen molar-refractivity contribution in [1.82, 2.24) is 10.1 Å². The molecule has 0 saturated heterocycles. The second-order valence-electron chi connectivity index (χ2n) is 6.98. The maximum Gasteiger partial charge on any atom is 0.262 e. The molecule has 1 heterocycles. The zero-order valence-corrected chi connectivity index (χ0v) is 16.8. The molecule has 1 aromatic heterocycles. The van der Waals surface area contributed by atoms with E-state index in [1.54, 1.807) is 6.07 Å². The number of nitrogens with one attached hydrogen (secondary N) is 1. The van der Waals surface area contributed by atoms with Crippen LogP contribution in [0, 0.1) is 13.8 Å². The molecule has 6 heteroatoms. The Hall–Kier alpha value is -3.93. The highest BCUT2D eigenvalue weighted by Gasteiger charge is 2.15. The molecule has 0 aliphatic rings. The van der Waals surface area contributed by atoms with Crippen molar-refractivity contribution in [2.45, 2.75) is 13.8 Å². The van der Waals surface area contributed by atoms with Gasteiger partial charge in [-0.2, -0.15) is 4.98 Å². The summed E-state index contributed by atoms with van der Waals surface area (Å²) in [4.78, 5) is 16.9. The molecule has 0 aliphatic carbocycles. The Bertz CT molecular complexity index is 1150. The number of anilines is 1. The van der Waals surface area contributed by atoms with E-state index in [4.69, 9.17) is 9.26 Å². The summed E-state index contributed by atoms with van der Waals surface area (Å²) in [5.74, 6) is 1.19. The van der Waals surface area contributed by atoms with Gasteiger partial charge >= 0.3 is 0 Å². The molecule has 0 bridgehead atoms. The van der Waals surface area contributed by atoms with E-state index in [2.05, 4.69) is 15.5 Å². The molecule has 1 amide bonds. The number of carbonyl (C=O) groups excluding carboxylic acids is 1. The third-order valence-corrected chi connectivity index (χ3v) is 4.56. The van der Waals surface area contributed by atoms with Gasteiger partial charge in [0.05, 0.1) is 11.3 Å². The topological polar surface area (TPSA) is 77.2 Å². The van der Waals surface area contributed by atoms with Gasteiger partial charge in [-0.1, -0.05) is 64.8 Å². The maximum atomic E-state index is 12.4. The van der Waals surface area contributed by atoms with Gasteiger partial charge in [-0.3, -0.25) is 4.79 Å².